The Hall–Kier alpha value is -3.73. The van der Waals surface area contributed by atoms with Crippen molar-refractivity contribution < 1.29 is 23.9 Å². The molecule has 0 aliphatic carbocycles. The molecule has 0 aliphatic rings. The van der Waals surface area contributed by atoms with Crippen molar-refractivity contribution in [2.24, 2.45) is 0 Å². The zero-order valence-electron chi connectivity index (χ0n) is 16.2. The van der Waals surface area contributed by atoms with E-state index in [0.717, 1.165) is 0 Å². The standard InChI is InChI=1S/C24H20O5/c1-16(25)19-10-13-22(28-2)20(14-19)15-23(26)29-21-11-8-18(9-12-21)24(27)17-6-4-3-5-7-17/h3-14H,15H2,1-2H3. The van der Waals surface area contributed by atoms with E-state index in [-0.39, 0.29) is 18.0 Å². The minimum atomic E-state index is -0.494. The highest BCUT2D eigenvalue weighted by molar-refractivity contribution is 6.09. The fraction of sp³-hybridized carbons (Fsp3) is 0.125. The van der Waals surface area contributed by atoms with Gasteiger partial charge in [-0.2, -0.15) is 0 Å². The first-order valence-corrected chi connectivity index (χ1v) is 9.06. The summed E-state index contributed by atoms with van der Waals surface area (Å²) in [7, 11) is 1.50. The number of methoxy groups -OCH3 is 1. The van der Waals surface area contributed by atoms with Gasteiger partial charge in [-0.3, -0.25) is 14.4 Å². The fourth-order valence-corrected chi connectivity index (χ4v) is 2.89. The van der Waals surface area contributed by atoms with Gasteiger partial charge in [-0.05, 0) is 49.4 Å². The molecule has 0 amide bonds. The minimum Gasteiger partial charge on any atom is -0.496 e. The lowest BCUT2D eigenvalue weighted by atomic mass is 10.0. The van der Waals surface area contributed by atoms with E-state index in [1.54, 1.807) is 66.7 Å². The van der Waals surface area contributed by atoms with Gasteiger partial charge in [0, 0.05) is 22.3 Å². The molecule has 146 valence electrons. The van der Waals surface area contributed by atoms with Gasteiger partial charge < -0.3 is 9.47 Å². The van der Waals surface area contributed by atoms with E-state index < -0.39 is 5.97 Å². The zero-order chi connectivity index (χ0) is 20.8. The number of carbonyl (C=O) groups excluding carboxylic acids is 3. The van der Waals surface area contributed by atoms with Crippen LogP contribution in [0.25, 0.3) is 0 Å². The molecule has 0 atom stereocenters. The lowest BCUT2D eigenvalue weighted by Crippen LogP contribution is -2.12. The van der Waals surface area contributed by atoms with Crippen molar-refractivity contribution in [1.82, 2.24) is 0 Å². The van der Waals surface area contributed by atoms with Crippen molar-refractivity contribution in [3.8, 4) is 11.5 Å². The van der Waals surface area contributed by atoms with Crippen LogP contribution in [0, 0.1) is 0 Å². The van der Waals surface area contributed by atoms with E-state index >= 15 is 0 Å². The monoisotopic (exact) mass is 388 g/mol. The summed E-state index contributed by atoms with van der Waals surface area (Å²) < 4.78 is 10.6. The van der Waals surface area contributed by atoms with E-state index in [9.17, 15) is 14.4 Å². The van der Waals surface area contributed by atoms with Crippen LogP contribution in [0.4, 0.5) is 0 Å². The van der Waals surface area contributed by atoms with Gasteiger partial charge in [0.05, 0.1) is 13.5 Å². The van der Waals surface area contributed by atoms with Crippen LogP contribution in [0.3, 0.4) is 0 Å². The molecule has 0 unspecified atom stereocenters. The molecule has 3 aromatic rings. The molecule has 0 aromatic heterocycles. The number of ether oxygens (including phenoxy) is 2. The van der Waals surface area contributed by atoms with Crippen molar-refractivity contribution in [2.75, 3.05) is 7.11 Å². The molecule has 0 bridgehead atoms. The topological polar surface area (TPSA) is 69.7 Å². The molecule has 5 heteroatoms. The number of rotatable bonds is 7. The van der Waals surface area contributed by atoms with Crippen LogP contribution in [0.2, 0.25) is 0 Å². The molecular weight excluding hydrogens is 368 g/mol. The highest BCUT2D eigenvalue weighted by atomic mass is 16.5. The lowest BCUT2D eigenvalue weighted by molar-refractivity contribution is -0.133. The lowest BCUT2D eigenvalue weighted by Gasteiger charge is -2.10. The second-order valence-corrected chi connectivity index (χ2v) is 6.45. The van der Waals surface area contributed by atoms with E-state index in [1.807, 2.05) is 6.07 Å². The second kappa shape index (κ2) is 8.97. The third-order valence-electron chi connectivity index (χ3n) is 4.41. The Morgan fingerprint density at radius 3 is 2.03 bits per heavy atom. The third kappa shape index (κ3) is 4.96. The van der Waals surface area contributed by atoms with Gasteiger partial charge in [0.15, 0.2) is 11.6 Å². The molecule has 0 saturated heterocycles. The van der Waals surface area contributed by atoms with Crippen molar-refractivity contribution in [3.63, 3.8) is 0 Å². The summed E-state index contributed by atoms with van der Waals surface area (Å²) in [6.45, 7) is 1.46. The molecule has 0 saturated carbocycles. The maximum atomic E-state index is 12.4. The molecule has 3 rings (SSSR count). The number of hydrogen-bond donors (Lipinski definition) is 0. The van der Waals surface area contributed by atoms with Crippen molar-refractivity contribution >= 4 is 17.5 Å². The Balaban J connectivity index is 1.69. The zero-order valence-corrected chi connectivity index (χ0v) is 16.2. The first-order valence-electron chi connectivity index (χ1n) is 9.06. The second-order valence-electron chi connectivity index (χ2n) is 6.45. The largest absolute Gasteiger partial charge is 0.496 e. The predicted molar refractivity (Wildman–Crippen MR) is 109 cm³/mol. The van der Waals surface area contributed by atoms with Gasteiger partial charge in [0.2, 0.25) is 0 Å². The molecule has 0 heterocycles. The Morgan fingerprint density at radius 1 is 0.793 bits per heavy atom. The highest BCUT2D eigenvalue weighted by Crippen LogP contribution is 2.22. The summed E-state index contributed by atoms with van der Waals surface area (Å²) in [5.74, 6) is 0.151. The normalized spacial score (nSPS) is 10.3. The number of benzene rings is 3. The molecule has 5 nitrogen and oxygen atoms in total. The molecule has 0 spiro atoms. The first kappa shape index (κ1) is 20.0. The molecule has 0 radical (unpaired) electrons. The van der Waals surface area contributed by atoms with Gasteiger partial charge in [-0.15, -0.1) is 0 Å². The predicted octanol–water partition coefficient (Wildman–Crippen LogP) is 4.28. The van der Waals surface area contributed by atoms with Gasteiger partial charge >= 0.3 is 5.97 Å². The Labute approximate surface area is 168 Å². The van der Waals surface area contributed by atoms with Crippen molar-refractivity contribution in [1.29, 1.82) is 0 Å². The van der Waals surface area contributed by atoms with Crippen LogP contribution in [0.5, 0.6) is 11.5 Å². The number of ketones is 2. The molecule has 0 N–H and O–H groups in total. The summed E-state index contributed by atoms with van der Waals surface area (Å²) in [5.41, 5.74) is 2.17. The van der Waals surface area contributed by atoms with Crippen LogP contribution in [-0.2, 0) is 11.2 Å². The van der Waals surface area contributed by atoms with Gasteiger partial charge in [-0.1, -0.05) is 30.3 Å². The summed E-state index contributed by atoms with van der Waals surface area (Å²) in [6.07, 6.45) is -0.0466. The van der Waals surface area contributed by atoms with Crippen LogP contribution >= 0.6 is 0 Å². The van der Waals surface area contributed by atoms with E-state index in [1.165, 1.54) is 14.0 Å². The maximum Gasteiger partial charge on any atom is 0.315 e. The summed E-state index contributed by atoms with van der Waals surface area (Å²) in [5, 5.41) is 0. The van der Waals surface area contributed by atoms with E-state index in [4.69, 9.17) is 9.47 Å². The van der Waals surface area contributed by atoms with Crippen molar-refractivity contribution in [2.45, 2.75) is 13.3 Å². The van der Waals surface area contributed by atoms with Gasteiger partial charge in [0.1, 0.15) is 11.5 Å². The van der Waals surface area contributed by atoms with Crippen LogP contribution in [-0.4, -0.2) is 24.6 Å². The molecule has 29 heavy (non-hydrogen) atoms. The van der Waals surface area contributed by atoms with Gasteiger partial charge in [0.25, 0.3) is 0 Å². The summed E-state index contributed by atoms with van der Waals surface area (Å²) >= 11 is 0. The fourth-order valence-electron chi connectivity index (χ4n) is 2.89. The Morgan fingerprint density at radius 2 is 1.41 bits per heavy atom. The SMILES string of the molecule is COc1ccc(C(C)=O)cc1CC(=O)Oc1ccc(C(=O)c2ccccc2)cc1. The van der Waals surface area contributed by atoms with Crippen LogP contribution in [0.1, 0.15) is 38.8 Å². The molecule has 3 aromatic carbocycles. The molecular formula is C24H20O5. The van der Waals surface area contributed by atoms with Crippen LogP contribution in [0.15, 0.2) is 72.8 Å². The third-order valence-corrected chi connectivity index (χ3v) is 4.41. The number of hydrogen-bond acceptors (Lipinski definition) is 5. The average Bonchev–Trinajstić information content (AvgIpc) is 2.74. The Kier molecular flexibility index (Phi) is 6.19. The quantitative estimate of drug-likeness (QED) is 0.343. The smallest absolute Gasteiger partial charge is 0.315 e. The molecule has 0 fully saturated rings. The number of carbonyl (C=O) groups is 3. The average molecular weight is 388 g/mol. The summed E-state index contributed by atoms with van der Waals surface area (Å²) in [4.78, 5) is 36.3. The number of esters is 1. The highest BCUT2D eigenvalue weighted by Gasteiger charge is 2.14. The Bertz CT molecular complexity index is 1040. The van der Waals surface area contributed by atoms with Gasteiger partial charge in [-0.25, -0.2) is 0 Å². The van der Waals surface area contributed by atoms with Crippen molar-refractivity contribution in [3.05, 3.63) is 95.1 Å². The first-order chi connectivity index (χ1) is 14.0. The molecule has 0 aliphatic heterocycles. The van der Waals surface area contributed by atoms with E-state index in [2.05, 4.69) is 0 Å². The van der Waals surface area contributed by atoms with E-state index in [0.29, 0.717) is 33.8 Å². The van der Waals surface area contributed by atoms with Crippen LogP contribution < -0.4 is 9.47 Å². The summed E-state index contributed by atoms with van der Waals surface area (Å²) in [6, 6.07) is 20.3. The number of Topliss-reactive ketones (excluding diaryl/α,β-unsaturated/α-hetero) is 1. The maximum absolute atomic E-state index is 12.4. The minimum absolute atomic E-state index is 0.0466.